The minimum atomic E-state index is -0.755. The fourth-order valence-corrected chi connectivity index (χ4v) is 3.45. The lowest BCUT2D eigenvalue weighted by Crippen LogP contribution is -2.20. The van der Waals surface area contributed by atoms with Crippen molar-refractivity contribution in [1.82, 2.24) is 4.98 Å². The number of hydrogen-bond acceptors (Lipinski definition) is 2. The summed E-state index contributed by atoms with van der Waals surface area (Å²) in [5, 5.41) is 0.299. The van der Waals surface area contributed by atoms with E-state index in [2.05, 4.69) is 4.98 Å². The second kappa shape index (κ2) is 5.12. The predicted molar refractivity (Wildman–Crippen MR) is 82.1 cm³/mol. The summed E-state index contributed by atoms with van der Waals surface area (Å²) in [6.07, 6.45) is 0.206. The van der Waals surface area contributed by atoms with Crippen LogP contribution in [0.15, 0.2) is 30.3 Å². The second-order valence-electron chi connectivity index (χ2n) is 5.81. The molecule has 2 aromatic carbocycles. The van der Waals surface area contributed by atoms with E-state index >= 15 is 0 Å². The van der Waals surface area contributed by atoms with Gasteiger partial charge in [-0.05, 0) is 36.2 Å². The molecular weight excluding hydrogens is 319 g/mol. The third kappa shape index (κ3) is 2.02. The summed E-state index contributed by atoms with van der Waals surface area (Å²) >= 11 is 0. The summed E-state index contributed by atoms with van der Waals surface area (Å²) < 4.78 is 46.2. The number of aromatic nitrogens is 1. The summed E-state index contributed by atoms with van der Waals surface area (Å²) in [6.45, 7) is 0. The molecule has 1 N–H and O–H groups in total. The van der Waals surface area contributed by atoms with Crippen LogP contribution in [0.5, 0.6) is 0 Å². The van der Waals surface area contributed by atoms with Gasteiger partial charge in [-0.1, -0.05) is 0 Å². The van der Waals surface area contributed by atoms with Gasteiger partial charge in [-0.3, -0.25) is 4.79 Å². The number of carbonyl (C=O) groups is 1. The number of benzene rings is 2. The topological polar surface area (TPSA) is 42.1 Å². The normalized spacial score (nSPS) is 15.9. The number of methoxy groups -OCH3 is 1. The number of H-pyrrole nitrogens is 1. The molecule has 0 radical (unpaired) electrons. The van der Waals surface area contributed by atoms with Crippen LogP contribution in [0.1, 0.15) is 17.0 Å². The summed E-state index contributed by atoms with van der Waals surface area (Å²) in [4.78, 5) is 15.1. The number of esters is 1. The van der Waals surface area contributed by atoms with Crippen molar-refractivity contribution in [2.45, 2.75) is 12.3 Å². The molecule has 1 aliphatic carbocycles. The molecule has 1 atom stereocenters. The van der Waals surface area contributed by atoms with E-state index in [9.17, 15) is 18.0 Å². The van der Waals surface area contributed by atoms with Crippen molar-refractivity contribution in [2.24, 2.45) is 0 Å². The summed E-state index contributed by atoms with van der Waals surface area (Å²) in [6, 6.07) is 6.18. The minimum absolute atomic E-state index is 0.118. The third-order valence-corrected chi connectivity index (χ3v) is 4.46. The highest BCUT2D eigenvalue weighted by Gasteiger charge is 2.34. The molecule has 24 heavy (non-hydrogen) atoms. The molecule has 122 valence electrons. The predicted octanol–water partition coefficient (Wildman–Crippen LogP) is 4.06. The molecule has 3 nitrogen and oxygen atoms in total. The highest BCUT2D eigenvalue weighted by Crippen LogP contribution is 2.44. The van der Waals surface area contributed by atoms with Crippen LogP contribution in [-0.2, 0) is 16.0 Å². The molecule has 0 spiro atoms. The number of aromatic amines is 1. The third-order valence-electron chi connectivity index (χ3n) is 4.46. The summed E-state index contributed by atoms with van der Waals surface area (Å²) in [5.74, 6) is -3.18. The average molecular weight is 331 g/mol. The zero-order valence-electron chi connectivity index (χ0n) is 12.6. The zero-order valence-corrected chi connectivity index (χ0v) is 12.6. The van der Waals surface area contributed by atoms with Gasteiger partial charge < -0.3 is 9.72 Å². The summed E-state index contributed by atoms with van der Waals surface area (Å²) in [7, 11) is 1.25. The first kappa shape index (κ1) is 14.8. The Morgan fingerprint density at radius 1 is 1.17 bits per heavy atom. The average Bonchev–Trinajstić information content (AvgIpc) is 2.93. The SMILES string of the molecule is COC(=O)C1Cc2cc(F)ccc2-c2[nH]c3c(F)cc(F)cc3c21. The Balaban J connectivity index is 2.09. The lowest BCUT2D eigenvalue weighted by Gasteiger charge is -2.23. The molecule has 1 unspecified atom stereocenters. The van der Waals surface area contributed by atoms with Gasteiger partial charge in [0.15, 0.2) is 0 Å². The van der Waals surface area contributed by atoms with Crippen molar-refractivity contribution in [3.63, 3.8) is 0 Å². The van der Waals surface area contributed by atoms with Gasteiger partial charge in [-0.25, -0.2) is 13.2 Å². The molecule has 6 heteroatoms. The van der Waals surface area contributed by atoms with Crippen LogP contribution in [0, 0.1) is 17.5 Å². The maximum absolute atomic E-state index is 14.1. The molecule has 0 amide bonds. The fraction of sp³-hybridized carbons (Fsp3) is 0.167. The maximum atomic E-state index is 14.1. The number of ether oxygens (including phenoxy) is 1. The van der Waals surface area contributed by atoms with E-state index in [0.29, 0.717) is 27.8 Å². The fourth-order valence-electron chi connectivity index (χ4n) is 3.45. The Labute approximate surface area is 135 Å². The molecule has 1 aromatic heterocycles. The van der Waals surface area contributed by atoms with Gasteiger partial charge >= 0.3 is 5.97 Å². The molecule has 1 heterocycles. The molecule has 0 saturated heterocycles. The van der Waals surface area contributed by atoms with Crippen molar-refractivity contribution >= 4 is 16.9 Å². The monoisotopic (exact) mass is 331 g/mol. The highest BCUT2D eigenvalue weighted by molar-refractivity contribution is 5.98. The number of rotatable bonds is 1. The van der Waals surface area contributed by atoms with Crippen molar-refractivity contribution in [2.75, 3.05) is 7.11 Å². The number of hydrogen-bond donors (Lipinski definition) is 1. The van der Waals surface area contributed by atoms with Crippen LogP contribution in [0.3, 0.4) is 0 Å². The Hall–Kier alpha value is -2.76. The minimum Gasteiger partial charge on any atom is -0.469 e. The largest absolute Gasteiger partial charge is 0.469 e. The molecule has 1 aliphatic rings. The van der Waals surface area contributed by atoms with E-state index in [4.69, 9.17) is 4.74 Å². The first-order chi connectivity index (χ1) is 11.5. The molecule has 0 saturated carbocycles. The van der Waals surface area contributed by atoms with Crippen LogP contribution in [0.4, 0.5) is 13.2 Å². The number of carbonyl (C=O) groups excluding carboxylic acids is 1. The highest BCUT2D eigenvalue weighted by atomic mass is 19.1. The number of halogens is 3. The van der Waals surface area contributed by atoms with Gasteiger partial charge in [-0.2, -0.15) is 0 Å². The van der Waals surface area contributed by atoms with E-state index in [1.165, 1.54) is 25.3 Å². The lowest BCUT2D eigenvalue weighted by molar-refractivity contribution is -0.142. The Morgan fingerprint density at radius 2 is 1.96 bits per heavy atom. The molecule has 4 rings (SSSR count). The Kier molecular flexibility index (Phi) is 3.16. The van der Waals surface area contributed by atoms with Gasteiger partial charge in [0.05, 0.1) is 24.2 Å². The number of fused-ring (bicyclic) bond motifs is 5. The second-order valence-corrected chi connectivity index (χ2v) is 5.81. The van der Waals surface area contributed by atoms with Gasteiger partial charge in [0, 0.05) is 22.6 Å². The van der Waals surface area contributed by atoms with Crippen LogP contribution in [0.25, 0.3) is 22.2 Å². The standard InChI is InChI=1S/C18H12F3NO2/c1-24-18(23)13-5-8-4-9(19)2-3-11(8)17-15(13)12-6-10(20)7-14(21)16(12)22-17/h2-4,6-7,13,22H,5H2,1H3. The van der Waals surface area contributed by atoms with Crippen molar-refractivity contribution in [3.05, 3.63) is 58.9 Å². The smallest absolute Gasteiger partial charge is 0.313 e. The first-order valence-corrected chi connectivity index (χ1v) is 7.37. The van der Waals surface area contributed by atoms with E-state index in [1.807, 2.05) is 0 Å². The van der Waals surface area contributed by atoms with Gasteiger partial charge in [0.2, 0.25) is 0 Å². The molecule has 0 fully saturated rings. The van der Waals surface area contributed by atoms with Gasteiger partial charge in [-0.15, -0.1) is 0 Å². The Bertz CT molecular complexity index is 994. The van der Waals surface area contributed by atoms with Crippen molar-refractivity contribution in [1.29, 1.82) is 0 Å². The van der Waals surface area contributed by atoms with Crippen LogP contribution in [0.2, 0.25) is 0 Å². The van der Waals surface area contributed by atoms with Crippen LogP contribution >= 0.6 is 0 Å². The van der Waals surface area contributed by atoms with E-state index in [0.717, 1.165) is 6.07 Å². The lowest BCUT2D eigenvalue weighted by atomic mass is 9.81. The number of nitrogens with one attached hydrogen (secondary N) is 1. The maximum Gasteiger partial charge on any atom is 0.313 e. The van der Waals surface area contributed by atoms with Crippen LogP contribution < -0.4 is 0 Å². The van der Waals surface area contributed by atoms with E-state index in [-0.39, 0.29) is 11.9 Å². The quantitative estimate of drug-likeness (QED) is 0.683. The van der Waals surface area contributed by atoms with E-state index in [1.54, 1.807) is 6.07 Å². The molecule has 3 aromatic rings. The van der Waals surface area contributed by atoms with Gasteiger partial charge in [0.25, 0.3) is 0 Å². The van der Waals surface area contributed by atoms with Crippen LogP contribution in [-0.4, -0.2) is 18.1 Å². The Morgan fingerprint density at radius 3 is 2.71 bits per heavy atom. The molecule has 0 bridgehead atoms. The van der Waals surface area contributed by atoms with E-state index < -0.39 is 29.3 Å². The van der Waals surface area contributed by atoms with Crippen molar-refractivity contribution < 1.29 is 22.7 Å². The zero-order chi connectivity index (χ0) is 17.0. The van der Waals surface area contributed by atoms with Crippen molar-refractivity contribution in [3.8, 4) is 11.3 Å². The summed E-state index contributed by atoms with van der Waals surface area (Å²) in [5.41, 5.74) is 2.38. The van der Waals surface area contributed by atoms with Gasteiger partial charge in [0.1, 0.15) is 17.5 Å². The molecule has 0 aliphatic heterocycles. The first-order valence-electron chi connectivity index (χ1n) is 7.37. The molecular formula is C18H12F3NO2.